The van der Waals surface area contributed by atoms with Crippen molar-refractivity contribution < 1.29 is 21.6 Å². The topological polar surface area (TPSA) is 67.2 Å². The summed E-state index contributed by atoms with van der Waals surface area (Å²) in [5.41, 5.74) is 0.765. The van der Waals surface area contributed by atoms with Gasteiger partial charge >= 0.3 is 0 Å². The number of benzene rings is 2. The number of hydrogen-bond donors (Lipinski definition) is 1. The maximum atomic E-state index is 14.2. The number of imidazole rings is 1. The van der Waals surface area contributed by atoms with Crippen molar-refractivity contribution in [2.75, 3.05) is 18.4 Å². The highest BCUT2D eigenvalue weighted by atomic mass is 32.2. The molecule has 158 valence electrons. The standard InChI is InChI=1S/C20H19F3N4O2S/c1-26-11-20(24-12-26)30(28,29)27-9-16(13-2-4-14(21)5-3-13)19(10-27)25-18-7-6-15(22)8-17(18)23/h2-8,11-12,16,19,25H,9-10H2,1H3. The van der Waals surface area contributed by atoms with Gasteiger partial charge in [0.1, 0.15) is 17.5 Å². The molecule has 1 aliphatic heterocycles. The third-order valence-electron chi connectivity index (χ3n) is 5.14. The third kappa shape index (κ3) is 3.92. The lowest BCUT2D eigenvalue weighted by Gasteiger charge is -2.21. The van der Waals surface area contributed by atoms with E-state index in [0.717, 1.165) is 12.1 Å². The smallest absolute Gasteiger partial charge is 0.262 e. The lowest BCUT2D eigenvalue weighted by molar-refractivity contribution is 0.468. The second-order valence-corrected chi connectivity index (χ2v) is 9.12. The summed E-state index contributed by atoms with van der Waals surface area (Å²) in [7, 11) is -2.21. The molecular formula is C20H19F3N4O2S. The Morgan fingerprint density at radius 1 is 1.03 bits per heavy atom. The number of nitrogens with zero attached hydrogens (tertiary/aromatic N) is 3. The van der Waals surface area contributed by atoms with E-state index in [1.54, 1.807) is 19.2 Å². The number of hydrogen-bond acceptors (Lipinski definition) is 4. The van der Waals surface area contributed by atoms with Crippen LogP contribution in [-0.4, -0.2) is 41.4 Å². The van der Waals surface area contributed by atoms with Crippen LogP contribution in [0.2, 0.25) is 0 Å². The number of aromatic nitrogens is 2. The van der Waals surface area contributed by atoms with Crippen molar-refractivity contribution in [3.8, 4) is 0 Å². The van der Waals surface area contributed by atoms with E-state index in [1.165, 1.54) is 39.6 Å². The van der Waals surface area contributed by atoms with Crippen molar-refractivity contribution >= 4 is 15.7 Å². The molecule has 0 amide bonds. The second-order valence-electron chi connectivity index (χ2n) is 7.23. The maximum Gasteiger partial charge on any atom is 0.262 e. The molecule has 3 aromatic rings. The Hall–Kier alpha value is -2.85. The third-order valence-corrected chi connectivity index (χ3v) is 6.86. The van der Waals surface area contributed by atoms with Crippen molar-refractivity contribution in [3.63, 3.8) is 0 Å². The van der Waals surface area contributed by atoms with Gasteiger partial charge in [-0.15, -0.1) is 0 Å². The van der Waals surface area contributed by atoms with Crippen molar-refractivity contribution in [1.29, 1.82) is 0 Å². The van der Waals surface area contributed by atoms with Crippen molar-refractivity contribution in [2.45, 2.75) is 17.0 Å². The van der Waals surface area contributed by atoms with E-state index in [2.05, 4.69) is 10.3 Å². The first kappa shape index (κ1) is 20.4. The Balaban J connectivity index is 1.67. The molecule has 1 aromatic heterocycles. The van der Waals surface area contributed by atoms with Gasteiger partial charge in [0.05, 0.1) is 12.0 Å². The summed E-state index contributed by atoms with van der Waals surface area (Å²) in [6.07, 6.45) is 2.80. The summed E-state index contributed by atoms with van der Waals surface area (Å²) in [4.78, 5) is 3.94. The lowest BCUT2D eigenvalue weighted by Crippen LogP contribution is -2.32. The minimum Gasteiger partial charge on any atom is -0.378 e. The highest BCUT2D eigenvalue weighted by Crippen LogP contribution is 2.33. The molecule has 0 saturated carbocycles. The minimum atomic E-state index is -3.88. The van der Waals surface area contributed by atoms with Crippen LogP contribution in [0.4, 0.5) is 18.9 Å². The average Bonchev–Trinajstić information content (AvgIpc) is 3.32. The van der Waals surface area contributed by atoms with E-state index in [1.807, 2.05) is 0 Å². The first-order chi connectivity index (χ1) is 14.2. The van der Waals surface area contributed by atoms with Gasteiger partial charge in [0, 0.05) is 44.4 Å². The van der Waals surface area contributed by atoms with Crippen LogP contribution in [0.25, 0.3) is 0 Å². The lowest BCUT2D eigenvalue weighted by atomic mass is 9.94. The van der Waals surface area contributed by atoms with Crippen LogP contribution in [0, 0.1) is 17.5 Å². The van der Waals surface area contributed by atoms with Gasteiger partial charge in [-0.1, -0.05) is 12.1 Å². The zero-order valence-corrected chi connectivity index (χ0v) is 16.8. The van der Waals surface area contributed by atoms with Crippen LogP contribution in [0.1, 0.15) is 11.5 Å². The van der Waals surface area contributed by atoms with Crippen molar-refractivity contribution in [3.05, 3.63) is 78.0 Å². The van der Waals surface area contributed by atoms with Gasteiger partial charge in [0.25, 0.3) is 10.0 Å². The van der Waals surface area contributed by atoms with Gasteiger partial charge < -0.3 is 9.88 Å². The first-order valence-electron chi connectivity index (χ1n) is 9.19. The fourth-order valence-corrected chi connectivity index (χ4v) is 5.08. The number of halogens is 3. The first-order valence-corrected chi connectivity index (χ1v) is 10.6. The Kier molecular flexibility index (Phi) is 5.29. The Morgan fingerprint density at radius 3 is 2.37 bits per heavy atom. The molecule has 0 bridgehead atoms. The van der Waals surface area contributed by atoms with Gasteiger partial charge in [-0.25, -0.2) is 26.6 Å². The maximum absolute atomic E-state index is 14.2. The SMILES string of the molecule is Cn1cnc(S(=O)(=O)N2CC(Nc3ccc(F)cc3F)C(c3ccc(F)cc3)C2)c1. The minimum absolute atomic E-state index is 0.0395. The normalized spacial score (nSPS) is 19.9. The number of aryl methyl sites for hydroxylation is 1. The van der Waals surface area contributed by atoms with Gasteiger partial charge in [-0.3, -0.25) is 0 Å². The molecule has 1 saturated heterocycles. The van der Waals surface area contributed by atoms with E-state index >= 15 is 0 Å². The van der Waals surface area contributed by atoms with Crippen molar-refractivity contribution in [1.82, 2.24) is 13.9 Å². The zero-order chi connectivity index (χ0) is 21.5. The highest BCUT2D eigenvalue weighted by Gasteiger charge is 2.41. The number of nitrogens with one attached hydrogen (secondary N) is 1. The molecule has 1 fully saturated rings. The molecule has 2 aromatic carbocycles. The molecule has 2 atom stereocenters. The van der Waals surface area contributed by atoms with Gasteiger partial charge in [-0.2, -0.15) is 4.31 Å². The molecule has 30 heavy (non-hydrogen) atoms. The summed E-state index contributed by atoms with van der Waals surface area (Å²) in [6, 6.07) is 8.36. The molecule has 1 aliphatic rings. The molecule has 6 nitrogen and oxygen atoms in total. The van der Waals surface area contributed by atoms with Crippen molar-refractivity contribution in [2.24, 2.45) is 7.05 Å². The fraction of sp³-hybridized carbons (Fsp3) is 0.250. The summed E-state index contributed by atoms with van der Waals surface area (Å²) < 4.78 is 69.7. The zero-order valence-electron chi connectivity index (χ0n) is 16.0. The van der Waals surface area contributed by atoms with Crippen LogP contribution in [0.15, 0.2) is 60.0 Å². The van der Waals surface area contributed by atoms with E-state index in [0.29, 0.717) is 5.56 Å². The summed E-state index contributed by atoms with van der Waals surface area (Å²) in [5.74, 6) is -2.28. The highest BCUT2D eigenvalue weighted by molar-refractivity contribution is 7.89. The molecule has 0 radical (unpaired) electrons. The number of rotatable bonds is 5. The van der Waals surface area contributed by atoms with Crippen LogP contribution in [0.3, 0.4) is 0 Å². The molecule has 0 spiro atoms. The molecule has 4 rings (SSSR count). The van der Waals surface area contributed by atoms with Gasteiger partial charge in [0.2, 0.25) is 0 Å². The summed E-state index contributed by atoms with van der Waals surface area (Å²) >= 11 is 0. The monoisotopic (exact) mass is 436 g/mol. The summed E-state index contributed by atoms with van der Waals surface area (Å²) in [5, 5.41) is 2.90. The van der Waals surface area contributed by atoms with Crippen LogP contribution in [-0.2, 0) is 17.1 Å². The molecule has 0 aliphatic carbocycles. The average molecular weight is 436 g/mol. The van der Waals surface area contributed by atoms with E-state index in [-0.39, 0.29) is 29.7 Å². The predicted molar refractivity (Wildman–Crippen MR) is 105 cm³/mol. The van der Waals surface area contributed by atoms with Crippen LogP contribution < -0.4 is 5.32 Å². The Labute approximate surface area is 172 Å². The van der Waals surface area contributed by atoms with Crippen LogP contribution in [0.5, 0.6) is 0 Å². The van der Waals surface area contributed by atoms with E-state index in [9.17, 15) is 21.6 Å². The van der Waals surface area contributed by atoms with E-state index < -0.39 is 33.5 Å². The molecular weight excluding hydrogens is 417 g/mol. The summed E-state index contributed by atoms with van der Waals surface area (Å²) in [6.45, 7) is 0.142. The van der Waals surface area contributed by atoms with Crippen LogP contribution >= 0.6 is 0 Å². The molecule has 10 heteroatoms. The molecule has 1 N–H and O–H groups in total. The van der Waals surface area contributed by atoms with Gasteiger partial charge in [0.15, 0.2) is 5.03 Å². The number of sulfonamides is 1. The van der Waals surface area contributed by atoms with Gasteiger partial charge in [-0.05, 0) is 29.8 Å². The Morgan fingerprint density at radius 2 is 1.73 bits per heavy atom. The quantitative estimate of drug-likeness (QED) is 0.668. The predicted octanol–water partition coefficient (Wildman–Crippen LogP) is 3.11. The fourth-order valence-electron chi connectivity index (χ4n) is 3.62. The second kappa shape index (κ2) is 7.77. The molecule has 2 heterocycles. The molecule has 2 unspecified atom stereocenters. The largest absolute Gasteiger partial charge is 0.378 e. The van der Waals surface area contributed by atoms with E-state index in [4.69, 9.17) is 0 Å². The number of anilines is 1. The Bertz CT molecular complexity index is 1170.